The van der Waals surface area contributed by atoms with E-state index in [1.807, 2.05) is 13.0 Å². The summed E-state index contributed by atoms with van der Waals surface area (Å²) in [6.45, 7) is 16.3. The van der Waals surface area contributed by atoms with Crippen LogP contribution >= 0.6 is 0 Å². The first-order valence-corrected chi connectivity index (χ1v) is 36.1. The van der Waals surface area contributed by atoms with Crippen LogP contribution < -0.4 is 9.47 Å². The Labute approximate surface area is 531 Å². The van der Waals surface area contributed by atoms with Crippen LogP contribution in [-0.2, 0) is 59.5 Å². The number of piperidine rings is 1. The highest BCUT2D eigenvalue weighted by Crippen LogP contribution is 2.78. The molecule has 14 nitrogen and oxygen atoms in total. The summed E-state index contributed by atoms with van der Waals surface area (Å²) in [4.78, 5) is 68.6. The van der Waals surface area contributed by atoms with Crippen molar-refractivity contribution in [2.45, 2.75) is 334 Å². The summed E-state index contributed by atoms with van der Waals surface area (Å²) in [5.41, 5.74) is -0.255. The monoisotopic (exact) mass is 1230 g/mol. The lowest BCUT2D eigenvalue weighted by atomic mass is 9.33. The number of unbranched alkanes of at least 4 members (excludes halogenated alkanes) is 24. The van der Waals surface area contributed by atoms with Gasteiger partial charge in [-0.15, -0.1) is 0 Å². The Bertz CT molecular complexity index is 2300. The number of carbonyl (C=O) groups excluding carboxylic acids is 5. The second-order valence-electron chi connectivity index (χ2n) is 29.5. The molecule has 1 N–H and O–H groups in total. The molecule has 0 radical (unpaired) electrons. The predicted molar refractivity (Wildman–Crippen MR) is 345 cm³/mol. The van der Waals surface area contributed by atoms with Crippen LogP contribution in [0, 0.1) is 28.6 Å². The number of carbonyl (C=O) groups is 5. The molecule has 14 heteroatoms. The molecule has 88 heavy (non-hydrogen) atoms. The summed E-state index contributed by atoms with van der Waals surface area (Å²) in [5.74, 6) is -1.13. The average molecular weight is 1230 g/mol. The number of methoxy groups -OCH3 is 1. The summed E-state index contributed by atoms with van der Waals surface area (Å²) in [6, 6.07) is 4.35. The predicted octanol–water partition coefficient (Wildman–Crippen LogP) is 16.3. The number of likely N-dealkylation sites (tertiary alicyclic amines) is 1. The van der Waals surface area contributed by atoms with Crippen molar-refractivity contribution >= 4 is 29.8 Å². The lowest BCUT2D eigenvalue weighted by Gasteiger charge is -2.75. The molecule has 500 valence electrons. The number of aliphatic hydroxyl groups is 1. The fourth-order valence-corrected chi connectivity index (χ4v) is 16.4. The van der Waals surface area contributed by atoms with Crippen LogP contribution in [0.5, 0.6) is 11.5 Å². The van der Waals surface area contributed by atoms with Crippen molar-refractivity contribution in [3.05, 3.63) is 23.3 Å². The molecule has 8 rings (SSSR count). The Kier molecular flexibility index (Phi) is 28.3. The number of ether oxygens (including phenoxy) is 7. The number of hydrogen-bond acceptors (Lipinski definition) is 14. The average Bonchev–Trinajstić information content (AvgIpc) is 0.910. The minimum absolute atomic E-state index is 0.00598. The SMILES string of the molecule is CCCCCCCCCCCCCCCC(=O)OCC(COC(=O)CCCCCCCCCCCCCCC)OC(=O)CC(C)CC(=O)OCCCC(=O)Oc1ccc2c3c1O[C@H]1C4(OC)CC[C@@]5(C[C@@H]4[C@](C)(O)C(C)(C)C)C(C2)N(CC2CC2)CC[C@]315. The van der Waals surface area contributed by atoms with Gasteiger partial charge in [0, 0.05) is 74.1 Å². The maximum Gasteiger partial charge on any atom is 0.311 e. The van der Waals surface area contributed by atoms with Crippen molar-refractivity contribution in [3.8, 4) is 11.5 Å². The van der Waals surface area contributed by atoms with E-state index in [1.54, 1.807) is 14.0 Å². The van der Waals surface area contributed by atoms with E-state index >= 15 is 0 Å². The maximum atomic E-state index is 13.7. The van der Waals surface area contributed by atoms with Gasteiger partial charge in [0.2, 0.25) is 0 Å². The molecule has 8 atom stereocenters. The minimum Gasteiger partial charge on any atom is -0.482 e. The molecule has 4 bridgehead atoms. The quantitative estimate of drug-likeness (QED) is 0.0283. The summed E-state index contributed by atoms with van der Waals surface area (Å²) < 4.78 is 42.8. The van der Waals surface area contributed by atoms with Crippen molar-refractivity contribution in [3.63, 3.8) is 0 Å². The van der Waals surface area contributed by atoms with Gasteiger partial charge < -0.3 is 38.3 Å². The highest BCUT2D eigenvalue weighted by atomic mass is 16.6. The van der Waals surface area contributed by atoms with Crippen molar-refractivity contribution < 1.29 is 62.2 Å². The largest absolute Gasteiger partial charge is 0.482 e. The third-order valence-corrected chi connectivity index (χ3v) is 22.0. The van der Waals surface area contributed by atoms with E-state index in [0.717, 1.165) is 89.6 Å². The van der Waals surface area contributed by atoms with Gasteiger partial charge >= 0.3 is 29.8 Å². The summed E-state index contributed by atoms with van der Waals surface area (Å²) in [6.07, 6.45) is 37.7. The molecule has 1 aromatic carbocycles. The van der Waals surface area contributed by atoms with Gasteiger partial charge in [-0.25, -0.2) is 0 Å². The van der Waals surface area contributed by atoms with Gasteiger partial charge in [0.25, 0.3) is 0 Å². The van der Waals surface area contributed by atoms with Crippen LogP contribution in [0.2, 0.25) is 0 Å². The first kappa shape index (κ1) is 71.7. The lowest BCUT2D eigenvalue weighted by Crippen LogP contribution is -2.83. The van der Waals surface area contributed by atoms with Crippen LogP contribution in [0.15, 0.2) is 12.1 Å². The Morgan fingerprint density at radius 3 is 1.66 bits per heavy atom. The zero-order valence-corrected chi connectivity index (χ0v) is 56.5. The van der Waals surface area contributed by atoms with Crippen molar-refractivity contribution in [2.75, 3.05) is 40.0 Å². The number of hydrogen-bond donors (Lipinski definition) is 1. The fourth-order valence-electron chi connectivity index (χ4n) is 16.4. The van der Waals surface area contributed by atoms with Crippen LogP contribution in [-0.4, -0.2) is 109 Å². The third-order valence-electron chi connectivity index (χ3n) is 22.0. The van der Waals surface area contributed by atoms with E-state index in [4.69, 9.17) is 33.2 Å². The normalized spacial score (nSPS) is 24.3. The van der Waals surface area contributed by atoms with E-state index in [-0.39, 0.29) is 93.1 Å². The standard InChI is InChI=1S/C74H121NO13/c1-9-11-13-15-17-19-21-23-25-27-29-31-33-36-62(76)84-53-58(54-85-63(77)37-34-32-30-28-26-24-22-20-18-16-14-12-10-2)86-66(80)49-55(3)48-65(79)83-47-35-38-64(78)87-59-42-41-57-50-61-72-43-44-74(82-8,60(51-72)71(7,81)70(4,5)6)69-73(72,67(57)68(59)88-69)45-46-75(61)52-56-39-40-56/h41-42,55-56,58,60-61,69,81H,9-40,43-54H2,1-8H3/t55?,60-,61?,69-,71+,72-,73+,74?/m1/s1. The highest BCUT2D eigenvalue weighted by molar-refractivity contribution is 5.76. The number of fused-ring (bicyclic) bond motifs is 2. The molecule has 1 saturated heterocycles. The number of rotatable bonds is 46. The van der Waals surface area contributed by atoms with Gasteiger partial charge in [-0.1, -0.05) is 202 Å². The van der Waals surface area contributed by atoms with Crippen molar-refractivity contribution in [1.82, 2.24) is 4.90 Å². The third kappa shape index (κ3) is 18.7. The number of esters is 5. The van der Waals surface area contributed by atoms with Crippen LogP contribution in [0.4, 0.5) is 0 Å². The minimum atomic E-state index is -1.05. The van der Waals surface area contributed by atoms with Gasteiger partial charge in [0.05, 0.1) is 12.2 Å². The molecule has 0 aromatic heterocycles. The molecular weight excluding hydrogens is 1110 g/mol. The highest BCUT2D eigenvalue weighted by Gasteiger charge is 2.82. The molecule has 3 unspecified atom stereocenters. The van der Waals surface area contributed by atoms with E-state index in [1.165, 1.54) is 152 Å². The van der Waals surface area contributed by atoms with Gasteiger partial charge in [-0.3, -0.25) is 28.9 Å². The smallest absolute Gasteiger partial charge is 0.311 e. The second-order valence-corrected chi connectivity index (χ2v) is 29.5. The number of benzene rings is 1. The van der Waals surface area contributed by atoms with Crippen LogP contribution in [0.1, 0.15) is 304 Å². The molecule has 1 aromatic rings. The van der Waals surface area contributed by atoms with E-state index in [9.17, 15) is 29.1 Å². The molecule has 2 aliphatic heterocycles. The van der Waals surface area contributed by atoms with Gasteiger partial charge in [0.15, 0.2) is 17.6 Å². The first-order valence-electron chi connectivity index (χ1n) is 36.1. The topological polar surface area (TPSA) is 173 Å². The first-order chi connectivity index (χ1) is 42.3. The van der Waals surface area contributed by atoms with Crippen LogP contribution in [0.3, 0.4) is 0 Å². The molecule has 4 saturated carbocycles. The molecule has 2 spiro atoms. The van der Waals surface area contributed by atoms with E-state index < -0.39 is 46.5 Å². The second kappa shape index (κ2) is 34.8. The Balaban J connectivity index is 0.842. The van der Waals surface area contributed by atoms with Gasteiger partial charge in [-0.2, -0.15) is 0 Å². The zero-order chi connectivity index (χ0) is 63.2. The van der Waals surface area contributed by atoms with Gasteiger partial charge in [-0.05, 0) is 107 Å². The summed E-state index contributed by atoms with van der Waals surface area (Å²) in [5, 5.41) is 12.6. The lowest BCUT2D eigenvalue weighted by molar-refractivity contribution is -0.312. The molecule has 7 aliphatic rings. The Morgan fingerprint density at radius 1 is 0.636 bits per heavy atom. The van der Waals surface area contributed by atoms with Gasteiger partial charge in [0.1, 0.15) is 24.9 Å². The molecule has 5 fully saturated rings. The maximum absolute atomic E-state index is 13.7. The summed E-state index contributed by atoms with van der Waals surface area (Å²) in [7, 11) is 1.79. The zero-order valence-electron chi connectivity index (χ0n) is 56.5. The Morgan fingerprint density at radius 2 is 1.15 bits per heavy atom. The van der Waals surface area contributed by atoms with E-state index in [2.05, 4.69) is 45.6 Å². The molecular formula is C74H121NO13. The van der Waals surface area contributed by atoms with E-state index in [0.29, 0.717) is 17.5 Å². The molecule has 5 aliphatic carbocycles. The van der Waals surface area contributed by atoms with Crippen LogP contribution in [0.25, 0.3) is 0 Å². The molecule has 0 amide bonds. The Hall–Kier alpha value is -3.75. The molecule has 2 heterocycles. The summed E-state index contributed by atoms with van der Waals surface area (Å²) >= 11 is 0. The van der Waals surface area contributed by atoms with Crippen molar-refractivity contribution in [2.24, 2.45) is 28.6 Å². The number of nitrogens with zero attached hydrogens (tertiary/aromatic N) is 1. The fraction of sp³-hybridized carbons (Fsp3) is 0.851. The van der Waals surface area contributed by atoms with Crippen molar-refractivity contribution in [1.29, 1.82) is 0 Å².